The summed E-state index contributed by atoms with van der Waals surface area (Å²) in [6.45, 7) is 9.85. The number of rotatable bonds is 8. The molecule has 0 fully saturated rings. The normalized spacial score (nSPS) is 14.5. The summed E-state index contributed by atoms with van der Waals surface area (Å²) >= 11 is 0. The maximum absolute atomic E-state index is 12.0. The Bertz CT molecular complexity index is 532. The van der Waals surface area contributed by atoms with Gasteiger partial charge in [-0.25, -0.2) is 4.79 Å². The lowest BCUT2D eigenvalue weighted by Crippen LogP contribution is -2.39. The maximum Gasteiger partial charge on any atom is 0.408 e. The van der Waals surface area contributed by atoms with Crippen LogP contribution in [-0.4, -0.2) is 29.4 Å². The summed E-state index contributed by atoms with van der Waals surface area (Å²) in [5.41, 5.74) is 0.670. The molecular weight excluding hydrogens is 314 g/mol. The number of carbonyl (C=O) groups excluding carboxylic acids is 1. The second-order valence-corrected chi connectivity index (χ2v) is 7.90. The molecule has 2 N–H and O–H groups in total. The molecule has 2 atom stereocenters. The van der Waals surface area contributed by atoms with Gasteiger partial charge in [-0.3, -0.25) is 0 Å². The minimum atomic E-state index is -0.517. The Kier molecular flexibility index (Phi) is 8.70. The van der Waals surface area contributed by atoms with E-state index in [1.807, 2.05) is 51.1 Å². The van der Waals surface area contributed by atoms with Crippen LogP contribution in [0.1, 0.15) is 46.6 Å². The average Bonchev–Trinajstić information content (AvgIpc) is 2.49. The maximum atomic E-state index is 12.0. The molecule has 25 heavy (non-hydrogen) atoms. The number of alkyl carbamates (subject to hydrolysis) is 1. The quantitative estimate of drug-likeness (QED) is 0.688. The second kappa shape index (κ2) is 10.2. The van der Waals surface area contributed by atoms with Gasteiger partial charge in [-0.15, -0.1) is 0 Å². The zero-order valence-electron chi connectivity index (χ0n) is 16.2. The fourth-order valence-electron chi connectivity index (χ4n) is 2.55. The predicted octanol–water partition coefficient (Wildman–Crippen LogP) is 4.33. The van der Waals surface area contributed by atoms with Crippen molar-refractivity contribution in [3.63, 3.8) is 0 Å². The number of aliphatic hydroxyl groups is 1. The zero-order chi connectivity index (χ0) is 18.9. The molecule has 0 saturated heterocycles. The first-order chi connectivity index (χ1) is 11.7. The Morgan fingerprint density at radius 3 is 2.36 bits per heavy atom. The summed E-state index contributed by atoms with van der Waals surface area (Å²) < 4.78 is 5.35. The second-order valence-electron chi connectivity index (χ2n) is 7.90. The van der Waals surface area contributed by atoms with Gasteiger partial charge in [-0.05, 0) is 45.1 Å². The summed E-state index contributed by atoms with van der Waals surface area (Å²) in [5, 5.41) is 12.6. The molecule has 1 unspecified atom stereocenters. The van der Waals surface area contributed by atoms with Gasteiger partial charge in [0.05, 0.1) is 6.04 Å². The van der Waals surface area contributed by atoms with Crippen LogP contribution in [0.3, 0.4) is 0 Å². The Balaban J connectivity index is 2.70. The number of hydrogen-bond donors (Lipinski definition) is 2. The number of benzene rings is 1. The van der Waals surface area contributed by atoms with Crippen molar-refractivity contribution in [3.8, 4) is 0 Å². The standard InChI is InChI=1S/C21H33NO3/c1-16(2)13-19(22-20(24)25-21(3,4)5)12-11-18(15-23)14-17-9-7-6-8-10-17/h6-12,16,18-19,23H,13-15H2,1-5H3,(H,22,24)/b12-11+/t18-,19?/m1/s1. The Labute approximate surface area is 152 Å². The average molecular weight is 347 g/mol. The molecule has 0 aliphatic rings. The molecule has 4 nitrogen and oxygen atoms in total. The van der Waals surface area contributed by atoms with Crippen molar-refractivity contribution in [2.24, 2.45) is 11.8 Å². The highest BCUT2D eigenvalue weighted by molar-refractivity contribution is 5.68. The number of nitrogens with one attached hydrogen (secondary N) is 1. The summed E-state index contributed by atoms with van der Waals surface area (Å²) in [4.78, 5) is 12.0. The molecule has 0 bridgehead atoms. The molecule has 0 saturated carbocycles. The van der Waals surface area contributed by atoms with Crippen LogP contribution in [0, 0.1) is 11.8 Å². The third-order valence-corrected chi connectivity index (χ3v) is 3.62. The van der Waals surface area contributed by atoms with Crippen molar-refractivity contribution in [3.05, 3.63) is 48.0 Å². The fourth-order valence-corrected chi connectivity index (χ4v) is 2.55. The van der Waals surface area contributed by atoms with E-state index in [-0.39, 0.29) is 18.6 Å². The van der Waals surface area contributed by atoms with Crippen LogP contribution >= 0.6 is 0 Å². The Morgan fingerprint density at radius 2 is 1.84 bits per heavy atom. The van der Waals surface area contributed by atoms with Crippen LogP contribution in [0.4, 0.5) is 4.79 Å². The van der Waals surface area contributed by atoms with Crippen molar-refractivity contribution in [2.45, 2.75) is 59.1 Å². The lowest BCUT2D eigenvalue weighted by atomic mass is 9.97. The first-order valence-electron chi connectivity index (χ1n) is 9.02. The first kappa shape index (κ1) is 21.2. The minimum absolute atomic E-state index is 0.0255. The van der Waals surface area contributed by atoms with E-state index in [1.165, 1.54) is 5.56 Å². The largest absolute Gasteiger partial charge is 0.444 e. The molecule has 1 aromatic carbocycles. The van der Waals surface area contributed by atoms with E-state index in [2.05, 4.69) is 31.3 Å². The van der Waals surface area contributed by atoms with Crippen molar-refractivity contribution >= 4 is 6.09 Å². The van der Waals surface area contributed by atoms with Crippen LogP contribution in [-0.2, 0) is 11.2 Å². The Hall–Kier alpha value is -1.81. The molecule has 0 spiro atoms. The van der Waals surface area contributed by atoms with Gasteiger partial charge in [0.1, 0.15) is 5.60 Å². The molecule has 0 aliphatic heterocycles. The highest BCUT2D eigenvalue weighted by Crippen LogP contribution is 2.13. The SMILES string of the molecule is CC(C)CC(/C=C/[C@@H](CO)Cc1ccccc1)NC(=O)OC(C)(C)C. The Morgan fingerprint density at radius 1 is 1.20 bits per heavy atom. The summed E-state index contributed by atoms with van der Waals surface area (Å²) in [6.07, 6.45) is 5.16. The number of ether oxygens (including phenoxy) is 1. The molecule has 1 amide bonds. The molecule has 4 heteroatoms. The molecule has 0 heterocycles. The smallest absolute Gasteiger partial charge is 0.408 e. The van der Waals surface area contributed by atoms with Gasteiger partial charge in [0, 0.05) is 12.5 Å². The molecule has 0 radical (unpaired) electrons. The number of hydrogen-bond acceptors (Lipinski definition) is 3. The molecular formula is C21H33NO3. The first-order valence-corrected chi connectivity index (χ1v) is 9.02. The van der Waals surface area contributed by atoms with E-state index in [9.17, 15) is 9.90 Å². The third-order valence-electron chi connectivity index (χ3n) is 3.62. The van der Waals surface area contributed by atoms with Gasteiger partial charge >= 0.3 is 6.09 Å². The van der Waals surface area contributed by atoms with Crippen molar-refractivity contribution in [1.29, 1.82) is 0 Å². The topological polar surface area (TPSA) is 58.6 Å². The summed E-state index contributed by atoms with van der Waals surface area (Å²) in [5.74, 6) is 0.462. The highest BCUT2D eigenvalue weighted by Gasteiger charge is 2.19. The van der Waals surface area contributed by atoms with E-state index < -0.39 is 11.7 Å². The monoisotopic (exact) mass is 347 g/mol. The van der Waals surface area contributed by atoms with Gasteiger partial charge in [-0.2, -0.15) is 0 Å². The van der Waals surface area contributed by atoms with E-state index >= 15 is 0 Å². The van der Waals surface area contributed by atoms with Gasteiger partial charge in [0.2, 0.25) is 0 Å². The molecule has 140 valence electrons. The van der Waals surface area contributed by atoms with Crippen LogP contribution in [0.2, 0.25) is 0 Å². The van der Waals surface area contributed by atoms with E-state index in [0.29, 0.717) is 5.92 Å². The molecule has 0 aliphatic carbocycles. The number of aliphatic hydroxyl groups excluding tert-OH is 1. The van der Waals surface area contributed by atoms with Gasteiger partial charge in [0.15, 0.2) is 0 Å². The van der Waals surface area contributed by atoms with Crippen molar-refractivity contribution in [2.75, 3.05) is 6.61 Å². The summed E-state index contributed by atoms with van der Waals surface area (Å²) in [6, 6.07) is 9.98. The van der Waals surface area contributed by atoms with Crippen LogP contribution in [0.25, 0.3) is 0 Å². The zero-order valence-corrected chi connectivity index (χ0v) is 16.2. The predicted molar refractivity (Wildman–Crippen MR) is 102 cm³/mol. The summed E-state index contributed by atoms with van der Waals surface area (Å²) in [7, 11) is 0. The number of carbonyl (C=O) groups is 1. The molecule has 1 rings (SSSR count). The highest BCUT2D eigenvalue weighted by atomic mass is 16.6. The molecule has 0 aromatic heterocycles. The minimum Gasteiger partial charge on any atom is -0.444 e. The van der Waals surface area contributed by atoms with Crippen LogP contribution in [0.5, 0.6) is 0 Å². The van der Waals surface area contributed by atoms with Gasteiger partial charge < -0.3 is 15.2 Å². The van der Waals surface area contributed by atoms with Crippen LogP contribution in [0.15, 0.2) is 42.5 Å². The molecule has 1 aromatic rings. The fraction of sp³-hybridized carbons (Fsp3) is 0.571. The van der Waals surface area contributed by atoms with Crippen LogP contribution < -0.4 is 5.32 Å². The lowest BCUT2D eigenvalue weighted by molar-refractivity contribution is 0.0510. The van der Waals surface area contributed by atoms with E-state index in [1.54, 1.807) is 0 Å². The van der Waals surface area contributed by atoms with Gasteiger partial charge in [-0.1, -0.05) is 56.3 Å². The third kappa shape index (κ3) is 9.92. The lowest BCUT2D eigenvalue weighted by Gasteiger charge is -2.23. The number of amides is 1. The van der Waals surface area contributed by atoms with Gasteiger partial charge in [0.25, 0.3) is 0 Å². The van der Waals surface area contributed by atoms with E-state index in [0.717, 1.165) is 12.8 Å². The van der Waals surface area contributed by atoms with Crippen molar-refractivity contribution in [1.82, 2.24) is 5.32 Å². The van der Waals surface area contributed by atoms with E-state index in [4.69, 9.17) is 4.74 Å². The van der Waals surface area contributed by atoms with Crippen molar-refractivity contribution < 1.29 is 14.6 Å².